The van der Waals surface area contributed by atoms with Gasteiger partial charge in [0.2, 0.25) is 0 Å². The van der Waals surface area contributed by atoms with Crippen molar-refractivity contribution in [3.05, 3.63) is 48.5 Å². The van der Waals surface area contributed by atoms with E-state index in [9.17, 15) is 5.11 Å². The van der Waals surface area contributed by atoms with Gasteiger partial charge < -0.3 is 14.4 Å². The van der Waals surface area contributed by atoms with Crippen LogP contribution in [0.3, 0.4) is 0 Å². The summed E-state index contributed by atoms with van der Waals surface area (Å²) in [7, 11) is 0. The predicted octanol–water partition coefficient (Wildman–Crippen LogP) is 0.856. The fraction of sp³-hybridized carbons (Fsp3) is 0.333. The number of rotatable bonds is 6. The van der Waals surface area contributed by atoms with Crippen LogP contribution in [0.15, 0.2) is 43.0 Å². The summed E-state index contributed by atoms with van der Waals surface area (Å²) in [6.07, 6.45) is 2.59. The third-order valence-electron chi connectivity index (χ3n) is 2.31. The largest absolute Gasteiger partial charge is 0.389 e. The Morgan fingerprint density at radius 2 is 1.88 bits per heavy atom. The fourth-order valence-electron chi connectivity index (χ4n) is 1.50. The zero-order valence-corrected chi connectivity index (χ0v) is 9.44. The lowest BCUT2D eigenvalue weighted by Crippen LogP contribution is -2.21. The molecule has 5 nitrogen and oxygen atoms in total. The number of benzene rings is 1. The Morgan fingerprint density at radius 1 is 1.18 bits per heavy atom. The summed E-state index contributed by atoms with van der Waals surface area (Å²) in [5.41, 5.74) is 1.10. The van der Waals surface area contributed by atoms with Crippen molar-refractivity contribution in [2.24, 2.45) is 0 Å². The van der Waals surface area contributed by atoms with Gasteiger partial charge in [0.15, 0.2) is 0 Å². The van der Waals surface area contributed by atoms with Gasteiger partial charge in [0, 0.05) is 0 Å². The molecule has 0 unspecified atom stereocenters. The monoisotopic (exact) mass is 233 g/mol. The molecule has 1 N–H and O–H groups in total. The van der Waals surface area contributed by atoms with Crippen LogP contribution in [-0.4, -0.2) is 32.6 Å². The SMILES string of the molecule is O[C@@H](COCc1ccccc1)Cn1cnnc1. The first kappa shape index (κ1) is 11.8. The molecule has 1 heterocycles. The predicted molar refractivity (Wildman–Crippen MR) is 62.1 cm³/mol. The van der Waals surface area contributed by atoms with E-state index in [4.69, 9.17) is 4.74 Å². The van der Waals surface area contributed by atoms with Crippen molar-refractivity contribution in [1.29, 1.82) is 0 Å². The molecular formula is C12H15N3O2. The molecular weight excluding hydrogens is 218 g/mol. The Balaban J connectivity index is 1.68. The van der Waals surface area contributed by atoms with E-state index in [0.717, 1.165) is 5.56 Å². The molecule has 0 aliphatic heterocycles. The topological polar surface area (TPSA) is 60.2 Å². The molecule has 0 aliphatic rings. The van der Waals surface area contributed by atoms with Gasteiger partial charge in [-0.3, -0.25) is 0 Å². The molecule has 1 aromatic carbocycles. The number of ether oxygens (including phenoxy) is 1. The lowest BCUT2D eigenvalue weighted by atomic mass is 10.2. The van der Waals surface area contributed by atoms with Crippen LogP contribution in [0.25, 0.3) is 0 Å². The first-order valence-electron chi connectivity index (χ1n) is 5.47. The van der Waals surface area contributed by atoms with Crippen LogP contribution in [-0.2, 0) is 17.9 Å². The van der Waals surface area contributed by atoms with Gasteiger partial charge in [-0.15, -0.1) is 10.2 Å². The summed E-state index contributed by atoms with van der Waals surface area (Å²) in [5.74, 6) is 0. The molecule has 0 amide bonds. The van der Waals surface area contributed by atoms with Crippen LogP contribution in [0.5, 0.6) is 0 Å². The van der Waals surface area contributed by atoms with Crippen LogP contribution in [0.1, 0.15) is 5.56 Å². The molecule has 5 heteroatoms. The molecule has 0 saturated heterocycles. The highest BCUT2D eigenvalue weighted by Gasteiger charge is 2.05. The standard InChI is InChI=1S/C12H15N3O2/c16-12(6-15-9-13-14-10-15)8-17-7-11-4-2-1-3-5-11/h1-5,9-10,12,16H,6-8H2/t12-/m1/s1. The number of nitrogens with zero attached hydrogens (tertiary/aromatic N) is 3. The first-order valence-corrected chi connectivity index (χ1v) is 5.47. The van der Waals surface area contributed by atoms with Crippen LogP contribution >= 0.6 is 0 Å². The quantitative estimate of drug-likeness (QED) is 0.803. The van der Waals surface area contributed by atoms with E-state index >= 15 is 0 Å². The number of aliphatic hydroxyl groups excluding tert-OH is 1. The number of hydrogen-bond donors (Lipinski definition) is 1. The van der Waals surface area contributed by atoms with E-state index in [-0.39, 0.29) is 0 Å². The van der Waals surface area contributed by atoms with Crippen molar-refractivity contribution in [3.8, 4) is 0 Å². The van der Waals surface area contributed by atoms with Crippen molar-refractivity contribution >= 4 is 0 Å². The van der Waals surface area contributed by atoms with Gasteiger partial charge in [0.05, 0.1) is 25.9 Å². The normalized spacial score (nSPS) is 12.5. The van der Waals surface area contributed by atoms with Gasteiger partial charge in [-0.1, -0.05) is 30.3 Å². The number of hydrogen-bond acceptors (Lipinski definition) is 4. The zero-order chi connectivity index (χ0) is 11.9. The van der Waals surface area contributed by atoms with Gasteiger partial charge in [-0.05, 0) is 5.56 Å². The lowest BCUT2D eigenvalue weighted by Gasteiger charge is -2.11. The van der Waals surface area contributed by atoms with Crippen LogP contribution in [0, 0.1) is 0 Å². The highest BCUT2D eigenvalue weighted by molar-refractivity contribution is 5.13. The Hall–Kier alpha value is -1.72. The zero-order valence-electron chi connectivity index (χ0n) is 9.44. The molecule has 1 aromatic heterocycles. The summed E-state index contributed by atoms with van der Waals surface area (Å²) in [6.45, 7) is 1.26. The molecule has 0 spiro atoms. The average Bonchev–Trinajstić information content (AvgIpc) is 2.83. The number of aliphatic hydroxyl groups is 1. The van der Waals surface area contributed by atoms with Crippen LogP contribution < -0.4 is 0 Å². The Bertz CT molecular complexity index is 417. The van der Waals surface area contributed by atoms with Gasteiger partial charge in [0.1, 0.15) is 12.7 Å². The van der Waals surface area contributed by atoms with E-state index in [1.165, 1.54) is 0 Å². The van der Waals surface area contributed by atoms with Crippen molar-refractivity contribution in [3.63, 3.8) is 0 Å². The van der Waals surface area contributed by atoms with Gasteiger partial charge >= 0.3 is 0 Å². The second kappa shape index (κ2) is 6.12. The van der Waals surface area contributed by atoms with E-state index in [2.05, 4.69) is 10.2 Å². The lowest BCUT2D eigenvalue weighted by molar-refractivity contribution is 0.0203. The Morgan fingerprint density at radius 3 is 2.59 bits per heavy atom. The minimum atomic E-state index is -0.547. The van der Waals surface area contributed by atoms with Crippen molar-refractivity contribution in [2.75, 3.05) is 6.61 Å². The molecule has 0 aliphatic carbocycles. The van der Waals surface area contributed by atoms with E-state index < -0.39 is 6.10 Å². The fourth-order valence-corrected chi connectivity index (χ4v) is 1.50. The van der Waals surface area contributed by atoms with Gasteiger partial charge in [-0.25, -0.2) is 0 Å². The van der Waals surface area contributed by atoms with E-state index in [0.29, 0.717) is 19.8 Å². The summed E-state index contributed by atoms with van der Waals surface area (Å²) >= 11 is 0. The van der Waals surface area contributed by atoms with Gasteiger partial charge in [-0.2, -0.15) is 0 Å². The molecule has 90 valence electrons. The van der Waals surface area contributed by atoms with E-state index in [1.807, 2.05) is 30.3 Å². The van der Waals surface area contributed by atoms with Gasteiger partial charge in [0.25, 0.3) is 0 Å². The molecule has 0 saturated carbocycles. The molecule has 1 atom stereocenters. The maximum Gasteiger partial charge on any atom is 0.119 e. The third kappa shape index (κ3) is 3.97. The molecule has 0 fully saturated rings. The molecule has 0 bridgehead atoms. The summed E-state index contributed by atoms with van der Waals surface area (Å²) in [5, 5.41) is 17.0. The summed E-state index contributed by atoms with van der Waals surface area (Å²) in [6, 6.07) is 9.88. The maximum atomic E-state index is 9.70. The Kier molecular flexibility index (Phi) is 4.23. The second-order valence-electron chi connectivity index (χ2n) is 3.81. The molecule has 17 heavy (non-hydrogen) atoms. The average molecular weight is 233 g/mol. The minimum Gasteiger partial charge on any atom is -0.389 e. The van der Waals surface area contributed by atoms with Crippen molar-refractivity contribution in [2.45, 2.75) is 19.3 Å². The molecule has 2 rings (SSSR count). The van der Waals surface area contributed by atoms with E-state index in [1.54, 1.807) is 17.2 Å². The first-order chi connectivity index (χ1) is 8.34. The summed E-state index contributed by atoms with van der Waals surface area (Å²) in [4.78, 5) is 0. The van der Waals surface area contributed by atoms with Crippen molar-refractivity contribution in [1.82, 2.24) is 14.8 Å². The smallest absolute Gasteiger partial charge is 0.119 e. The highest BCUT2D eigenvalue weighted by atomic mass is 16.5. The van der Waals surface area contributed by atoms with Crippen LogP contribution in [0.2, 0.25) is 0 Å². The van der Waals surface area contributed by atoms with Crippen molar-refractivity contribution < 1.29 is 9.84 Å². The minimum absolute atomic E-state index is 0.299. The second-order valence-corrected chi connectivity index (χ2v) is 3.81. The third-order valence-corrected chi connectivity index (χ3v) is 2.31. The maximum absolute atomic E-state index is 9.70. The highest BCUT2D eigenvalue weighted by Crippen LogP contribution is 2.01. The van der Waals surface area contributed by atoms with Crippen LogP contribution in [0.4, 0.5) is 0 Å². The Labute approximate surface area is 99.7 Å². The molecule has 2 aromatic rings. The number of aromatic nitrogens is 3. The molecule has 0 radical (unpaired) electrons. The summed E-state index contributed by atoms with van der Waals surface area (Å²) < 4.78 is 7.14.